The van der Waals surface area contributed by atoms with Crippen LogP contribution < -0.4 is 0 Å². The third-order valence-corrected chi connectivity index (χ3v) is 1.38. The number of hydrogen-bond acceptors (Lipinski definition) is 2. The van der Waals surface area contributed by atoms with Crippen molar-refractivity contribution >= 4 is 0 Å². The highest BCUT2D eigenvalue weighted by Gasteiger charge is 2.31. The van der Waals surface area contributed by atoms with Gasteiger partial charge < -0.3 is 9.47 Å². The van der Waals surface area contributed by atoms with Crippen LogP contribution in [0.4, 0.5) is 0 Å². The van der Waals surface area contributed by atoms with Crippen LogP contribution in [0, 0.1) is 19.8 Å². The minimum atomic E-state index is -0.413. The molecule has 0 aromatic carbocycles. The number of hydrogen-bond donors (Lipinski definition) is 0. The van der Waals surface area contributed by atoms with Crippen molar-refractivity contribution in [2.24, 2.45) is 0 Å². The summed E-state index contributed by atoms with van der Waals surface area (Å²) < 4.78 is 10.7. The van der Waals surface area contributed by atoms with Crippen LogP contribution >= 0.6 is 0 Å². The van der Waals surface area contributed by atoms with Crippen molar-refractivity contribution in [3.05, 3.63) is 19.8 Å². The molecule has 0 N–H and O–H groups in total. The molecule has 0 aromatic heterocycles. The molecule has 2 nitrogen and oxygen atoms in total. The van der Waals surface area contributed by atoms with Gasteiger partial charge in [-0.1, -0.05) is 0 Å². The normalized spacial score (nSPS) is 30.9. The van der Waals surface area contributed by atoms with Crippen LogP contribution in [-0.2, 0) is 9.47 Å². The van der Waals surface area contributed by atoms with Crippen molar-refractivity contribution in [1.82, 2.24) is 0 Å². The first-order valence-electron chi connectivity index (χ1n) is 3.42. The first kappa shape index (κ1) is 8.02. The molecular weight excluding hydrogens is 128 g/mol. The van der Waals surface area contributed by atoms with E-state index in [-0.39, 0.29) is 6.10 Å². The lowest BCUT2D eigenvalue weighted by atomic mass is 10.2. The summed E-state index contributed by atoms with van der Waals surface area (Å²) in [6, 6.07) is 0. The average molecular weight is 141 g/mol. The largest absolute Gasteiger partial charge is 0.348 e. The summed E-state index contributed by atoms with van der Waals surface area (Å²) in [7, 11) is 0. The molecule has 1 fully saturated rings. The fourth-order valence-corrected chi connectivity index (χ4v) is 0.962. The van der Waals surface area contributed by atoms with Gasteiger partial charge >= 0.3 is 0 Å². The van der Waals surface area contributed by atoms with Crippen molar-refractivity contribution in [2.75, 3.05) is 6.61 Å². The molecule has 0 spiro atoms. The van der Waals surface area contributed by atoms with Crippen LogP contribution in [0.25, 0.3) is 0 Å². The van der Waals surface area contributed by atoms with E-state index in [4.69, 9.17) is 9.47 Å². The number of ether oxygens (including phenoxy) is 2. The fourth-order valence-electron chi connectivity index (χ4n) is 0.962. The van der Waals surface area contributed by atoms with Gasteiger partial charge in [-0.2, -0.15) is 0 Å². The van der Waals surface area contributed by atoms with Gasteiger partial charge in [-0.15, -0.1) is 0 Å². The van der Waals surface area contributed by atoms with Gasteiger partial charge in [0.15, 0.2) is 5.79 Å². The van der Waals surface area contributed by atoms with E-state index in [1.807, 2.05) is 20.3 Å². The van der Waals surface area contributed by atoms with E-state index in [0.717, 1.165) is 0 Å². The summed E-state index contributed by atoms with van der Waals surface area (Å²) in [6.07, 6.45) is 3.72. The third kappa shape index (κ3) is 1.96. The van der Waals surface area contributed by atoms with E-state index < -0.39 is 5.79 Å². The summed E-state index contributed by atoms with van der Waals surface area (Å²) in [5, 5.41) is 0. The Labute approximate surface area is 62.5 Å². The van der Waals surface area contributed by atoms with Crippen LogP contribution in [0.1, 0.15) is 13.8 Å². The second-order valence-electron chi connectivity index (χ2n) is 2.80. The van der Waals surface area contributed by atoms with Gasteiger partial charge in [0.05, 0.1) is 12.7 Å². The molecule has 10 heavy (non-hydrogen) atoms. The van der Waals surface area contributed by atoms with E-state index >= 15 is 0 Å². The molecule has 0 aromatic rings. The summed E-state index contributed by atoms with van der Waals surface area (Å²) in [4.78, 5) is 0. The maximum absolute atomic E-state index is 5.44. The fraction of sp³-hybridized carbons (Fsp3) is 0.625. The molecule has 57 valence electrons. The molecule has 0 amide bonds. The van der Waals surface area contributed by atoms with Gasteiger partial charge in [-0.25, -0.2) is 0 Å². The summed E-state index contributed by atoms with van der Waals surface area (Å²) >= 11 is 0. The Morgan fingerprint density at radius 2 is 2.30 bits per heavy atom. The van der Waals surface area contributed by atoms with Gasteiger partial charge in [0, 0.05) is 0 Å². The molecular formula is C8H13O2. The lowest BCUT2D eigenvalue weighted by Gasteiger charge is -2.16. The predicted molar refractivity (Wildman–Crippen MR) is 38.9 cm³/mol. The standard InChI is InChI=1S/C8H13O2/c1-4-5-7-6-9-8(2,3)10-7/h4-5,7H,1,6H2,2-3H3/t7-/m0/s1. The van der Waals surface area contributed by atoms with Gasteiger partial charge in [-0.3, -0.25) is 0 Å². The van der Waals surface area contributed by atoms with Crippen LogP contribution in [-0.4, -0.2) is 18.5 Å². The third-order valence-electron chi connectivity index (χ3n) is 1.38. The minimum Gasteiger partial charge on any atom is -0.348 e. The Morgan fingerprint density at radius 1 is 1.60 bits per heavy atom. The molecule has 3 radical (unpaired) electrons. The topological polar surface area (TPSA) is 18.5 Å². The maximum atomic E-state index is 5.44. The molecule has 1 aliphatic heterocycles. The highest BCUT2D eigenvalue weighted by Crippen LogP contribution is 2.23. The monoisotopic (exact) mass is 141 g/mol. The smallest absolute Gasteiger partial charge is 0.163 e. The Balaban J connectivity index is 2.29. The van der Waals surface area contributed by atoms with Crippen molar-refractivity contribution in [3.8, 4) is 0 Å². The molecule has 1 heterocycles. The van der Waals surface area contributed by atoms with Crippen LogP contribution in [0.3, 0.4) is 0 Å². The summed E-state index contributed by atoms with van der Waals surface area (Å²) in [5.41, 5.74) is 0. The summed E-state index contributed by atoms with van der Waals surface area (Å²) in [6.45, 7) is 8.03. The Morgan fingerprint density at radius 3 is 2.70 bits per heavy atom. The van der Waals surface area contributed by atoms with E-state index in [2.05, 4.69) is 6.92 Å². The molecule has 0 bridgehead atoms. The average Bonchev–Trinajstić information content (AvgIpc) is 2.12. The second kappa shape index (κ2) is 2.89. The quantitative estimate of drug-likeness (QED) is 0.578. The molecule has 1 aliphatic rings. The van der Waals surface area contributed by atoms with Gasteiger partial charge in [0.2, 0.25) is 0 Å². The zero-order chi connectivity index (χ0) is 7.61. The molecule has 0 unspecified atom stereocenters. The van der Waals surface area contributed by atoms with E-state index in [1.54, 1.807) is 6.42 Å². The second-order valence-corrected chi connectivity index (χ2v) is 2.80. The Bertz CT molecular complexity index is 110. The SMILES string of the molecule is [CH2][CH][CH][C@H]1COC(C)(C)O1. The van der Waals surface area contributed by atoms with E-state index in [9.17, 15) is 0 Å². The van der Waals surface area contributed by atoms with Crippen molar-refractivity contribution < 1.29 is 9.47 Å². The highest BCUT2D eigenvalue weighted by molar-refractivity contribution is 4.95. The molecule has 0 aliphatic carbocycles. The van der Waals surface area contributed by atoms with Crippen LogP contribution in [0.15, 0.2) is 0 Å². The van der Waals surface area contributed by atoms with Gasteiger partial charge in [0.1, 0.15) is 0 Å². The molecule has 1 atom stereocenters. The lowest BCUT2D eigenvalue weighted by Crippen LogP contribution is -2.21. The first-order valence-corrected chi connectivity index (χ1v) is 3.42. The van der Waals surface area contributed by atoms with E-state index in [1.165, 1.54) is 0 Å². The Hall–Kier alpha value is -0.0800. The van der Waals surface area contributed by atoms with Crippen molar-refractivity contribution in [2.45, 2.75) is 25.7 Å². The zero-order valence-corrected chi connectivity index (χ0v) is 6.46. The van der Waals surface area contributed by atoms with Gasteiger partial charge in [0.25, 0.3) is 0 Å². The maximum Gasteiger partial charge on any atom is 0.163 e. The molecule has 1 saturated heterocycles. The Kier molecular flexibility index (Phi) is 2.32. The lowest BCUT2D eigenvalue weighted by molar-refractivity contribution is -0.134. The molecule has 1 rings (SSSR count). The predicted octanol–water partition coefficient (Wildman–Crippen LogP) is 1.38. The van der Waals surface area contributed by atoms with Crippen LogP contribution in [0.5, 0.6) is 0 Å². The molecule has 0 saturated carbocycles. The van der Waals surface area contributed by atoms with E-state index in [0.29, 0.717) is 6.61 Å². The highest BCUT2D eigenvalue weighted by atomic mass is 16.7. The first-order chi connectivity index (χ1) is 4.64. The van der Waals surface area contributed by atoms with Gasteiger partial charge in [-0.05, 0) is 33.6 Å². The minimum absolute atomic E-state index is 0.0903. The van der Waals surface area contributed by atoms with Crippen molar-refractivity contribution in [3.63, 3.8) is 0 Å². The van der Waals surface area contributed by atoms with Crippen molar-refractivity contribution in [1.29, 1.82) is 0 Å². The summed E-state index contributed by atoms with van der Waals surface area (Å²) in [5.74, 6) is -0.413. The van der Waals surface area contributed by atoms with Crippen LogP contribution in [0.2, 0.25) is 0 Å². The zero-order valence-electron chi connectivity index (χ0n) is 6.46. The number of rotatable bonds is 2. The molecule has 2 heteroatoms.